The van der Waals surface area contributed by atoms with Crippen molar-refractivity contribution in [2.45, 2.75) is 20.4 Å². The van der Waals surface area contributed by atoms with Crippen LogP contribution in [0.4, 0.5) is 0 Å². The molecule has 0 unspecified atom stereocenters. The van der Waals surface area contributed by atoms with E-state index in [1.165, 1.54) is 6.92 Å². The minimum atomic E-state index is -0.110. The molecule has 2 aromatic heterocycles. The van der Waals surface area contributed by atoms with Crippen molar-refractivity contribution in [3.63, 3.8) is 0 Å². The van der Waals surface area contributed by atoms with Gasteiger partial charge in [0.15, 0.2) is 11.5 Å². The Kier molecular flexibility index (Phi) is 4.00. The fourth-order valence-corrected chi connectivity index (χ4v) is 2.62. The van der Waals surface area contributed by atoms with Gasteiger partial charge in [0, 0.05) is 17.9 Å². The first kappa shape index (κ1) is 15.4. The minimum absolute atomic E-state index is 0.110. The number of hydrogen-bond acceptors (Lipinski definition) is 5. The van der Waals surface area contributed by atoms with Crippen LogP contribution in [0.3, 0.4) is 0 Å². The summed E-state index contributed by atoms with van der Waals surface area (Å²) < 4.78 is 6.88. The van der Waals surface area contributed by atoms with E-state index >= 15 is 0 Å². The number of ether oxygens (including phenoxy) is 1. The molecular weight excluding hydrogens is 316 g/mol. The minimum Gasteiger partial charge on any atom is -0.497 e. The molecule has 1 aromatic carbocycles. The molecule has 3 aromatic rings. The summed E-state index contributed by atoms with van der Waals surface area (Å²) in [5.41, 5.74) is 2.67. The molecule has 6 nitrogen and oxygen atoms in total. The first-order valence-electron chi connectivity index (χ1n) is 7.04. The quantitative estimate of drug-likeness (QED) is 0.543. The van der Waals surface area contributed by atoms with Crippen LogP contribution in [0.1, 0.15) is 28.7 Å². The monoisotopic (exact) mass is 330 g/mol. The number of carbonyl (C=O) groups is 1. The predicted octanol–water partition coefficient (Wildman–Crippen LogP) is 3.05. The summed E-state index contributed by atoms with van der Waals surface area (Å²) in [4.78, 5) is 15.9. The van der Waals surface area contributed by atoms with Crippen LogP contribution >= 0.6 is 11.6 Å². The number of nitrogens with zero attached hydrogens (tertiary/aromatic N) is 4. The SMILES string of the molecule is COc1ccc2nc(Cl)c(Cn3nnc(C(C)=O)c3C)cc2c1. The van der Waals surface area contributed by atoms with Crippen LogP contribution in [-0.4, -0.2) is 32.9 Å². The van der Waals surface area contributed by atoms with Crippen LogP contribution < -0.4 is 4.74 Å². The summed E-state index contributed by atoms with van der Waals surface area (Å²) in [7, 11) is 1.62. The Labute approximate surface area is 138 Å². The van der Waals surface area contributed by atoms with E-state index in [2.05, 4.69) is 15.3 Å². The summed E-state index contributed by atoms with van der Waals surface area (Å²) in [6.45, 7) is 3.67. The van der Waals surface area contributed by atoms with Gasteiger partial charge in [0.25, 0.3) is 0 Å². The zero-order valence-electron chi connectivity index (χ0n) is 13.0. The van der Waals surface area contributed by atoms with E-state index in [4.69, 9.17) is 16.3 Å². The molecular formula is C16H15ClN4O2. The van der Waals surface area contributed by atoms with Crippen molar-refractivity contribution >= 4 is 28.3 Å². The van der Waals surface area contributed by atoms with Crippen molar-refractivity contribution < 1.29 is 9.53 Å². The zero-order valence-corrected chi connectivity index (χ0v) is 13.8. The summed E-state index contributed by atoms with van der Waals surface area (Å²) in [5.74, 6) is 0.643. The normalized spacial score (nSPS) is 11.0. The van der Waals surface area contributed by atoms with Gasteiger partial charge in [-0.25, -0.2) is 9.67 Å². The van der Waals surface area contributed by atoms with Crippen molar-refractivity contribution in [2.75, 3.05) is 7.11 Å². The van der Waals surface area contributed by atoms with Crippen molar-refractivity contribution in [3.05, 3.63) is 46.4 Å². The third-order valence-corrected chi connectivity index (χ3v) is 4.01. The van der Waals surface area contributed by atoms with Crippen molar-refractivity contribution in [3.8, 4) is 5.75 Å². The molecule has 0 radical (unpaired) electrons. The summed E-state index contributed by atoms with van der Waals surface area (Å²) in [6, 6.07) is 7.55. The summed E-state index contributed by atoms with van der Waals surface area (Å²) in [6.07, 6.45) is 0. The lowest BCUT2D eigenvalue weighted by Gasteiger charge is -2.08. The van der Waals surface area contributed by atoms with E-state index in [-0.39, 0.29) is 5.78 Å². The van der Waals surface area contributed by atoms with Crippen LogP contribution in [0.5, 0.6) is 5.75 Å². The Morgan fingerprint density at radius 3 is 2.78 bits per heavy atom. The van der Waals surface area contributed by atoms with Gasteiger partial charge in [-0.05, 0) is 31.2 Å². The number of Topliss-reactive ketones (excluding diaryl/α,β-unsaturated/α-hetero) is 1. The molecule has 0 fully saturated rings. The third kappa shape index (κ3) is 2.90. The Bertz CT molecular complexity index is 904. The van der Waals surface area contributed by atoms with Crippen molar-refractivity contribution in [2.24, 2.45) is 0 Å². The third-order valence-electron chi connectivity index (χ3n) is 3.68. The number of hydrogen-bond donors (Lipinski definition) is 0. The zero-order chi connectivity index (χ0) is 16.6. The van der Waals surface area contributed by atoms with E-state index in [0.717, 1.165) is 22.2 Å². The van der Waals surface area contributed by atoms with E-state index in [1.807, 2.05) is 31.2 Å². The molecule has 7 heteroatoms. The predicted molar refractivity (Wildman–Crippen MR) is 87.2 cm³/mol. The molecule has 0 N–H and O–H groups in total. The number of carbonyl (C=O) groups excluding carboxylic acids is 1. The highest BCUT2D eigenvalue weighted by Crippen LogP contribution is 2.25. The number of rotatable bonds is 4. The number of pyridine rings is 1. The molecule has 0 atom stereocenters. The Hall–Kier alpha value is -2.47. The van der Waals surface area contributed by atoms with Gasteiger partial charge in [-0.1, -0.05) is 16.8 Å². The maximum atomic E-state index is 11.5. The second-order valence-electron chi connectivity index (χ2n) is 5.23. The van der Waals surface area contributed by atoms with Gasteiger partial charge in [0.05, 0.1) is 24.9 Å². The van der Waals surface area contributed by atoms with Gasteiger partial charge in [0.1, 0.15) is 10.9 Å². The van der Waals surface area contributed by atoms with Crippen LogP contribution in [0.15, 0.2) is 24.3 Å². The van der Waals surface area contributed by atoms with E-state index in [1.54, 1.807) is 11.8 Å². The molecule has 0 spiro atoms. The molecule has 0 saturated carbocycles. The fourth-order valence-electron chi connectivity index (χ4n) is 2.41. The highest BCUT2D eigenvalue weighted by Gasteiger charge is 2.14. The molecule has 0 saturated heterocycles. The topological polar surface area (TPSA) is 69.9 Å². The van der Waals surface area contributed by atoms with Crippen LogP contribution in [0, 0.1) is 6.92 Å². The molecule has 0 aliphatic carbocycles. The first-order chi connectivity index (χ1) is 11.0. The lowest BCUT2D eigenvalue weighted by Crippen LogP contribution is -2.06. The molecule has 3 rings (SSSR count). The number of benzene rings is 1. The number of methoxy groups -OCH3 is 1. The average Bonchev–Trinajstić information content (AvgIpc) is 2.89. The van der Waals surface area contributed by atoms with Crippen LogP contribution in [-0.2, 0) is 6.54 Å². The van der Waals surface area contributed by atoms with Gasteiger partial charge in [-0.3, -0.25) is 4.79 Å². The molecule has 0 aliphatic rings. The van der Waals surface area contributed by atoms with Gasteiger partial charge < -0.3 is 4.74 Å². The lowest BCUT2D eigenvalue weighted by molar-refractivity contribution is 0.101. The standard InChI is InChI=1S/C16H15ClN4O2/c1-9-15(10(2)22)19-20-21(9)8-12-6-11-7-13(23-3)4-5-14(11)18-16(12)17/h4-7H,8H2,1-3H3. The molecule has 23 heavy (non-hydrogen) atoms. The molecule has 118 valence electrons. The first-order valence-corrected chi connectivity index (χ1v) is 7.41. The van der Waals surface area contributed by atoms with Crippen molar-refractivity contribution in [1.29, 1.82) is 0 Å². The average molecular weight is 331 g/mol. The molecule has 0 bridgehead atoms. The largest absolute Gasteiger partial charge is 0.497 e. The highest BCUT2D eigenvalue weighted by molar-refractivity contribution is 6.30. The maximum Gasteiger partial charge on any atom is 0.181 e. The number of aromatic nitrogens is 4. The molecule has 0 aliphatic heterocycles. The van der Waals surface area contributed by atoms with Crippen molar-refractivity contribution in [1.82, 2.24) is 20.0 Å². The second kappa shape index (κ2) is 5.96. The second-order valence-corrected chi connectivity index (χ2v) is 5.59. The summed E-state index contributed by atoms with van der Waals surface area (Å²) in [5, 5.41) is 9.26. The number of ketones is 1. The van der Waals surface area contributed by atoms with E-state index < -0.39 is 0 Å². The molecule has 2 heterocycles. The highest BCUT2D eigenvalue weighted by atomic mass is 35.5. The van der Waals surface area contributed by atoms with E-state index in [0.29, 0.717) is 23.1 Å². The fraction of sp³-hybridized carbons (Fsp3) is 0.250. The summed E-state index contributed by atoms with van der Waals surface area (Å²) >= 11 is 6.28. The van der Waals surface area contributed by atoms with E-state index in [9.17, 15) is 4.79 Å². The smallest absolute Gasteiger partial charge is 0.181 e. The van der Waals surface area contributed by atoms with Gasteiger partial charge in [-0.15, -0.1) is 5.10 Å². The Morgan fingerprint density at radius 2 is 2.13 bits per heavy atom. The van der Waals surface area contributed by atoms with Crippen LogP contribution in [0.25, 0.3) is 10.9 Å². The lowest BCUT2D eigenvalue weighted by atomic mass is 10.1. The maximum absolute atomic E-state index is 11.5. The van der Waals surface area contributed by atoms with Gasteiger partial charge in [0.2, 0.25) is 0 Å². The number of halogens is 1. The van der Waals surface area contributed by atoms with Crippen LogP contribution in [0.2, 0.25) is 5.15 Å². The molecule has 0 amide bonds. The van der Waals surface area contributed by atoms with Gasteiger partial charge in [-0.2, -0.15) is 0 Å². The Balaban J connectivity index is 2.02. The Morgan fingerprint density at radius 1 is 1.35 bits per heavy atom. The number of fused-ring (bicyclic) bond motifs is 1. The van der Waals surface area contributed by atoms with Gasteiger partial charge >= 0.3 is 0 Å².